The van der Waals surface area contributed by atoms with E-state index in [1.165, 1.54) is 0 Å². The highest BCUT2D eigenvalue weighted by Crippen LogP contribution is 2.21. The summed E-state index contributed by atoms with van der Waals surface area (Å²) in [5.41, 5.74) is 2.92. The molecule has 2 N–H and O–H groups in total. The fourth-order valence-corrected chi connectivity index (χ4v) is 4.50. The summed E-state index contributed by atoms with van der Waals surface area (Å²) in [6.45, 7) is 4.80. The summed E-state index contributed by atoms with van der Waals surface area (Å²) >= 11 is 0. The first-order valence-corrected chi connectivity index (χ1v) is 11.7. The quantitative estimate of drug-likeness (QED) is 0.583. The molecule has 0 bridgehead atoms. The Labute approximate surface area is 182 Å². The van der Waals surface area contributed by atoms with Crippen LogP contribution in [-0.2, 0) is 20.5 Å². The molecule has 0 saturated carbocycles. The molecule has 0 unspecified atom stereocenters. The van der Waals surface area contributed by atoms with Crippen LogP contribution in [0.4, 0.5) is 23.1 Å². The molecular weight excluding hydrogens is 414 g/mol. The molecule has 9 heteroatoms. The van der Waals surface area contributed by atoms with Gasteiger partial charge in [0.15, 0.2) is 0 Å². The summed E-state index contributed by atoms with van der Waals surface area (Å²) in [5, 5.41) is 3.27. The maximum atomic E-state index is 12.4. The van der Waals surface area contributed by atoms with Gasteiger partial charge in [-0.25, -0.2) is 13.4 Å². The number of morpholine rings is 1. The highest BCUT2D eigenvalue weighted by atomic mass is 32.2. The summed E-state index contributed by atoms with van der Waals surface area (Å²) in [6, 6.07) is 18.0. The van der Waals surface area contributed by atoms with E-state index in [1.807, 2.05) is 43.3 Å². The van der Waals surface area contributed by atoms with Gasteiger partial charge >= 0.3 is 0 Å². The van der Waals surface area contributed by atoms with Crippen LogP contribution in [0.15, 0.2) is 60.7 Å². The fourth-order valence-electron chi connectivity index (χ4n) is 3.30. The van der Waals surface area contributed by atoms with E-state index < -0.39 is 10.0 Å². The van der Waals surface area contributed by atoms with Gasteiger partial charge in [-0.3, -0.25) is 4.72 Å². The van der Waals surface area contributed by atoms with Crippen LogP contribution < -0.4 is 14.9 Å². The monoisotopic (exact) mass is 439 g/mol. The summed E-state index contributed by atoms with van der Waals surface area (Å²) in [6.07, 6.45) is 0. The van der Waals surface area contributed by atoms with E-state index >= 15 is 0 Å². The molecule has 1 aromatic heterocycles. The zero-order valence-electron chi connectivity index (χ0n) is 17.3. The number of nitrogens with one attached hydrogen (secondary N) is 2. The lowest BCUT2D eigenvalue weighted by Gasteiger charge is -2.27. The number of aromatic nitrogens is 2. The number of nitrogens with zero attached hydrogens (tertiary/aromatic N) is 3. The molecule has 8 nitrogen and oxygen atoms in total. The van der Waals surface area contributed by atoms with Crippen molar-refractivity contribution >= 4 is 33.2 Å². The Morgan fingerprint density at radius 1 is 0.968 bits per heavy atom. The van der Waals surface area contributed by atoms with E-state index in [0.717, 1.165) is 30.0 Å². The van der Waals surface area contributed by atoms with Crippen molar-refractivity contribution < 1.29 is 13.2 Å². The molecule has 3 aromatic rings. The van der Waals surface area contributed by atoms with Crippen molar-refractivity contribution in [1.82, 2.24) is 9.97 Å². The van der Waals surface area contributed by atoms with E-state index in [2.05, 4.69) is 24.9 Å². The van der Waals surface area contributed by atoms with Gasteiger partial charge < -0.3 is 15.0 Å². The maximum Gasteiger partial charge on any atom is 0.236 e. The Bertz CT molecular complexity index is 1120. The summed E-state index contributed by atoms with van der Waals surface area (Å²) < 4.78 is 32.8. The van der Waals surface area contributed by atoms with Gasteiger partial charge in [0.1, 0.15) is 5.82 Å². The lowest BCUT2D eigenvalue weighted by atomic mass is 10.2. The van der Waals surface area contributed by atoms with Gasteiger partial charge in [0.2, 0.25) is 16.0 Å². The van der Waals surface area contributed by atoms with Gasteiger partial charge in [-0.2, -0.15) is 4.98 Å². The molecule has 2 heterocycles. The van der Waals surface area contributed by atoms with Crippen LogP contribution >= 0.6 is 0 Å². The summed E-state index contributed by atoms with van der Waals surface area (Å²) in [7, 11) is -3.49. The van der Waals surface area contributed by atoms with Crippen molar-refractivity contribution in [2.24, 2.45) is 0 Å². The molecule has 1 fully saturated rings. The molecule has 0 spiro atoms. The number of benzene rings is 2. The van der Waals surface area contributed by atoms with Gasteiger partial charge in [0, 0.05) is 36.2 Å². The van der Waals surface area contributed by atoms with E-state index in [9.17, 15) is 8.42 Å². The molecule has 2 aromatic carbocycles. The first-order valence-electron chi connectivity index (χ1n) is 10.1. The summed E-state index contributed by atoms with van der Waals surface area (Å²) in [5.74, 6) is 1.29. The number of ether oxygens (including phenoxy) is 1. The van der Waals surface area contributed by atoms with Crippen LogP contribution in [-0.4, -0.2) is 44.7 Å². The Morgan fingerprint density at radius 3 is 2.35 bits per heavy atom. The minimum Gasteiger partial charge on any atom is -0.378 e. The molecule has 0 radical (unpaired) electrons. The van der Waals surface area contributed by atoms with Gasteiger partial charge in [-0.1, -0.05) is 30.3 Å². The number of anilines is 4. The van der Waals surface area contributed by atoms with Gasteiger partial charge in [-0.05, 0) is 36.8 Å². The number of hydrogen-bond acceptors (Lipinski definition) is 7. The van der Waals surface area contributed by atoms with E-state index in [0.29, 0.717) is 30.7 Å². The van der Waals surface area contributed by atoms with E-state index in [-0.39, 0.29) is 5.75 Å². The zero-order valence-corrected chi connectivity index (χ0v) is 18.1. The third-order valence-corrected chi connectivity index (χ3v) is 6.03. The predicted octanol–water partition coefficient (Wildman–Crippen LogP) is 3.31. The minimum absolute atomic E-state index is 0.0711. The smallest absolute Gasteiger partial charge is 0.236 e. The normalized spacial score (nSPS) is 14.3. The summed E-state index contributed by atoms with van der Waals surface area (Å²) in [4.78, 5) is 11.3. The highest BCUT2D eigenvalue weighted by molar-refractivity contribution is 7.91. The molecule has 162 valence electrons. The van der Waals surface area contributed by atoms with Crippen molar-refractivity contribution in [2.75, 3.05) is 41.2 Å². The third kappa shape index (κ3) is 5.93. The molecule has 1 aliphatic heterocycles. The SMILES string of the molecule is Cc1cc(Nc2ccc(NS(=O)(=O)Cc3ccccc3)cc2)nc(N2CCOCC2)n1. The molecule has 1 aliphatic rings. The van der Waals surface area contributed by atoms with Gasteiger partial charge in [-0.15, -0.1) is 0 Å². The van der Waals surface area contributed by atoms with Crippen molar-refractivity contribution in [2.45, 2.75) is 12.7 Å². The first kappa shape index (κ1) is 21.1. The van der Waals surface area contributed by atoms with E-state index in [1.54, 1.807) is 24.3 Å². The second kappa shape index (κ2) is 9.32. The van der Waals surface area contributed by atoms with E-state index in [4.69, 9.17) is 4.74 Å². The second-order valence-corrected chi connectivity index (χ2v) is 9.07. The second-order valence-electron chi connectivity index (χ2n) is 7.34. The number of aryl methyl sites for hydroxylation is 1. The molecular formula is C22H25N5O3S. The Kier molecular flexibility index (Phi) is 6.34. The zero-order chi connectivity index (χ0) is 21.7. The van der Waals surface area contributed by atoms with Gasteiger partial charge in [0.25, 0.3) is 0 Å². The average Bonchev–Trinajstić information content (AvgIpc) is 2.75. The Hall–Kier alpha value is -3.17. The van der Waals surface area contributed by atoms with Crippen molar-refractivity contribution in [1.29, 1.82) is 0 Å². The van der Waals surface area contributed by atoms with Crippen molar-refractivity contribution in [3.8, 4) is 0 Å². The molecule has 1 saturated heterocycles. The lowest BCUT2D eigenvalue weighted by Crippen LogP contribution is -2.37. The largest absolute Gasteiger partial charge is 0.378 e. The fraction of sp³-hybridized carbons (Fsp3) is 0.273. The number of rotatable bonds is 7. The minimum atomic E-state index is -3.49. The molecule has 31 heavy (non-hydrogen) atoms. The Morgan fingerprint density at radius 2 is 1.65 bits per heavy atom. The third-order valence-electron chi connectivity index (χ3n) is 4.77. The first-order chi connectivity index (χ1) is 15.0. The van der Waals surface area contributed by atoms with Crippen LogP contribution in [0.25, 0.3) is 0 Å². The standard InChI is InChI=1S/C22H25N5O3S/c1-17-15-21(25-22(23-17)27-11-13-30-14-12-27)24-19-7-9-20(10-8-19)26-31(28,29)16-18-5-3-2-4-6-18/h2-10,15,26H,11-14,16H2,1H3,(H,23,24,25). The maximum absolute atomic E-state index is 12.4. The number of sulfonamides is 1. The van der Waals surface area contributed by atoms with Crippen LogP contribution in [0.1, 0.15) is 11.3 Å². The predicted molar refractivity (Wildman–Crippen MR) is 122 cm³/mol. The molecule has 0 amide bonds. The lowest BCUT2D eigenvalue weighted by molar-refractivity contribution is 0.122. The van der Waals surface area contributed by atoms with Crippen LogP contribution in [0.2, 0.25) is 0 Å². The topological polar surface area (TPSA) is 96.5 Å². The van der Waals surface area contributed by atoms with Crippen molar-refractivity contribution in [3.63, 3.8) is 0 Å². The average molecular weight is 440 g/mol. The van der Waals surface area contributed by atoms with Crippen molar-refractivity contribution in [3.05, 3.63) is 71.9 Å². The molecule has 0 atom stereocenters. The van der Waals surface area contributed by atoms with Crippen LogP contribution in [0.3, 0.4) is 0 Å². The molecule has 4 rings (SSSR count). The van der Waals surface area contributed by atoms with Gasteiger partial charge in [0.05, 0.1) is 19.0 Å². The van der Waals surface area contributed by atoms with Crippen LogP contribution in [0.5, 0.6) is 0 Å². The number of hydrogen-bond donors (Lipinski definition) is 2. The highest BCUT2D eigenvalue weighted by Gasteiger charge is 2.15. The molecule has 0 aliphatic carbocycles. The van der Waals surface area contributed by atoms with Crippen LogP contribution in [0, 0.1) is 6.92 Å². The Balaban J connectivity index is 1.42.